The van der Waals surface area contributed by atoms with E-state index in [1.165, 1.54) is 0 Å². The van der Waals surface area contributed by atoms with E-state index in [1.807, 2.05) is 37.3 Å². The lowest BCUT2D eigenvalue weighted by atomic mass is 10.0. The molecule has 0 aromatic heterocycles. The van der Waals surface area contributed by atoms with Gasteiger partial charge in [0.2, 0.25) is 0 Å². The van der Waals surface area contributed by atoms with Gasteiger partial charge in [-0.25, -0.2) is 0 Å². The molecular formula is C15H13Br2ClO. The van der Waals surface area contributed by atoms with Crippen LogP contribution >= 0.6 is 43.5 Å². The number of hydrogen-bond acceptors (Lipinski definition) is 1. The van der Waals surface area contributed by atoms with Crippen molar-refractivity contribution in [1.29, 1.82) is 0 Å². The van der Waals surface area contributed by atoms with E-state index < -0.39 is 0 Å². The fourth-order valence-electron chi connectivity index (χ4n) is 1.95. The monoisotopic (exact) mass is 402 g/mol. The first-order chi connectivity index (χ1) is 9.01. The van der Waals surface area contributed by atoms with Crippen molar-refractivity contribution in [1.82, 2.24) is 0 Å². The number of alkyl halides is 1. The number of hydrogen-bond donors (Lipinski definition) is 0. The third-order valence-corrected chi connectivity index (χ3v) is 4.24. The molecule has 0 N–H and O–H groups in total. The Bertz CT molecular complexity index is 578. The zero-order chi connectivity index (χ0) is 14.0. The lowest BCUT2D eigenvalue weighted by molar-refractivity contribution is 0.410. The van der Waals surface area contributed by atoms with Crippen molar-refractivity contribution in [2.24, 2.45) is 0 Å². The molecule has 2 aromatic carbocycles. The molecule has 19 heavy (non-hydrogen) atoms. The first-order valence-corrected chi connectivity index (χ1v) is 7.78. The van der Waals surface area contributed by atoms with Gasteiger partial charge in [0.1, 0.15) is 5.75 Å². The summed E-state index contributed by atoms with van der Waals surface area (Å²) in [6.07, 6.45) is 0. The van der Waals surface area contributed by atoms with Gasteiger partial charge in [-0.3, -0.25) is 0 Å². The van der Waals surface area contributed by atoms with E-state index in [4.69, 9.17) is 16.3 Å². The molecule has 2 rings (SSSR count). The first-order valence-electron chi connectivity index (χ1n) is 5.76. The molecule has 100 valence electrons. The Morgan fingerprint density at radius 1 is 1.05 bits per heavy atom. The average molecular weight is 405 g/mol. The Morgan fingerprint density at radius 3 is 2.26 bits per heavy atom. The molecule has 1 unspecified atom stereocenters. The predicted octanol–water partition coefficient (Wildman–Crippen LogP) is 5.86. The molecule has 0 aliphatic carbocycles. The number of methoxy groups -OCH3 is 1. The summed E-state index contributed by atoms with van der Waals surface area (Å²) < 4.78 is 7.38. The SMILES string of the molecule is COc1ccc(C)cc1C(Cl)c1cc(Br)cc(Br)c1. The van der Waals surface area contributed by atoms with Crippen LogP contribution in [-0.4, -0.2) is 7.11 Å². The highest BCUT2D eigenvalue weighted by molar-refractivity contribution is 9.11. The molecule has 0 aliphatic rings. The molecule has 0 heterocycles. The maximum Gasteiger partial charge on any atom is 0.123 e. The highest BCUT2D eigenvalue weighted by Gasteiger charge is 2.16. The van der Waals surface area contributed by atoms with Gasteiger partial charge in [0.05, 0.1) is 12.5 Å². The molecule has 1 atom stereocenters. The van der Waals surface area contributed by atoms with Crippen molar-refractivity contribution >= 4 is 43.5 Å². The van der Waals surface area contributed by atoms with Crippen molar-refractivity contribution in [2.75, 3.05) is 7.11 Å². The van der Waals surface area contributed by atoms with Crippen LogP contribution in [-0.2, 0) is 0 Å². The quantitative estimate of drug-likeness (QED) is 0.583. The molecule has 0 aliphatic heterocycles. The number of halogens is 3. The Hall–Kier alpha value is -0.510. The van der Waals surface area contributed by atoms with Crippen molar-refractivity contribution in [3.63, 3.8) is 0 Å². The third-order valence-electron chi connectivity index (χ3n) is 2.84. The Labute approximate surface area is 135 Å². The van der Waals surface area contributed by atoms with Crippen LogP contribution in [0, 0.1) is 6.92 Å². The van der Waals surface area contributed by atoms with Gasteiger partial charge < -0.3 is 4.74 Å². The predicted molar refractivity (Wildman–Crippen MR) is 87.3 cm³/mol. The Kier molecular flexibility index (Phi) is 4.93. The second-order valence-corrected chi connectivity index (χ2v) is 6.58. The molecule has 0 spiro atoms. The van der Waals surface area contributed by atoms with Crippen LogP contribution in [0.4, 0.5) is 0 Å². The first kappa shape index (κ1) is 14.9. The van der Waals surface area contributed by atoms with Crippen LogP contribution < -0.4 is 4.74 Å². The standard InChI is InChI=1S/C15H13Br2ClO/c1-9-3-4-14(19-2)13(5-9)15(18)10-6-11(16)8-12(17)7-10/h3-8,15H,1-2H3. The fourth-order valence-corrected chi connectivity index (χ4v) is 3.58. The zero-order valence-corrected chi connectivity index (χ0v) is 14.5. The molecule has 2 aromatic rings. The number of benzene rings is 2. The maximum absolute atomic E-state index is 6.61. The van der Waals surface area contributed by atoms with E-state index in [9.17, 15) is 0 Å². The summed E-state index contributed by atoms with van der Waals surface area (Å²) in [5.74, 6) is 0.807. The van der Waals surface area contributed by atoms with Gasteiger partial charge in [0.25, 0.3) is 0 Å². The summed E-state index contributed by atoms with van der Waals surface area (Å²) in [5, 5.41) is -0.247. The highest BCUT2D eigenvalue weighted by atomic mass is 79.9. The number of ether oxygens (including phenoxy) is 1. The lowest BCUT2D eigenvalue weighted by Crippen LogP contribution is -1.98. The molecule has 0 saturated heterocycles. The van der Waals surface area contributed by atoms with Crippen molar-refractivity contribution in [3.8, 4) is 5.75 Å². The van der Waals surface area contributed by atoms with E-state index in [0.717, 1.165) is 31.4 Å². The average Bonchev–Trinajstić information content (AvgIpc) is 2.36. The largest absolute Gasteiger partial charge is 0.496 e. The minimum absolute atomic E-state index is 0.247. The molecular weight excluding hydrogens is 391 g/mol. The van der Waals surface area contributed by atoms with E-state index >= 15 is 0 Å². The fraction of sp³-hybridized carbons (Fsp3) is 0.200. The van der Waals surface area contributed by atoms with Crippen molar-refractivity contribution in [2.45, 2.75) is 12.3 Å². The van der Waals surface area contributed by atoms with Crippen LogP contribution in [0.3, 0.4) is 0 Å². The molecule has 0 fully saturated rings. The number of aryl methyl sites for hydroxylation is 1. The molecule has 0 saturated carbocycles. The van der Waals surface area contributed by atoms with Gasteiger partial charge >= 0.3 is 0 Å². The van der Waals surface area contributed by atoms with Gasteiger partial charge in [0, 0.05) is 14.5 Å². The van der Waals surface area contributed by atoms with Crippen molar-refractivity contribution in [3.05, 3.63) is 62.0 Å². The Balaban J connectivity index is 2.48. The van der Waals surface area contributed by atoms with Crippen LogP contribution in [0.25, 0.3) is 0 Å². The van der Waals surface area contributed by atoms with Crippen LogP contribution in [0.2, 0.25) is 0 Å². The van der Waals surface area contributed by atoms with Gasteiger partial charge in [-0.2, -0.15) is 0 Å². The second kappa shape index (κ2) is 6.29. The summed E-state index contributed by atoms with van der Waals surface area (Å²) >= 11 is 13.6. The number of rotatable bonds is 3. The molecule has 0 radical (unpaired) electrons. The lowest BCUT2D eigenvalue weighted by Gasteiger charge is -2.16. The van der Waals surface area contributed by atoms with Crippen LogP contribution in [0.5, 0.6) is 5.75 Å². The Morgan fingerprint density at radius 2 is 1.68 bits per heavy atom. The second-order valence-electron chi connectivity index (χ2n) is 4.31. The minimum Gasteiger partial charge on any atom is -0.496 e. The van der Waals surface area contributed by atoms with E-state index in [0.29, 0.717) is 0 Å². The van der Waals surface area contributed by atoms with Crippen LogP contribution in [0.1, 0.15) is 22.1 Å². The van der Waals surface area contributed by atoms with Crippen LogP contribution in [0.15, 0.2) is 45.3 Å². The topological polar surface area (TPSA) is 9.23 Å². The maximum atomic E-state index is 6.61. The molecule has 1 nitrogen and oxygen atoms in total. The van der Waals surface area contributed by atoms with E-state index in [1.54, 1.807) is 7.11 Å². The van der Waals surface area contributed by atoms with Crippen molar-refractivity contribution < 1.29 is 4.74 Å². The zero-order valence-electron chi connectivity index (χ0n) is 10.6. The normalized spacial score (nSPS) is 12.3. The summed E-state index contributed by atoms with van der Waals surface area (Å²) in [6.45, 7) is 2.05. The molecule has 4 heteroatoms. The van der Waals surface area contributed by atoms with Gasteiger partial charge in [-0.15, -0.1) is 11.6 Å². The smallest absolute Gasteiger partial charge is 0.123 e. The summed E-state index contributed by atoms with van der Waals surface area (Å²) in [5.41, 5.74) is 3.16. The summed E-state index contributed by atoms with van der Waals surface area (Å²) in [4.78, 5) is 0. The third kappa shape index (κ3) is 3.53. The molecule has 0 bridgehead atoms. The van der Waals surface area contributed by atoms with E-state index in [2.05, 4.69) is 37.9 Å². The van der Waals surface area contributed by atoms with Gasteiger partial charge in [0.15, 0.2) is 0 Å². The van der Waals surface area contributed by atoms with E-state index in [-0.39, 0.29) is 5.38 Å². The molecule has 0 amide bonds. The summed E-state index contributed by atoms with van der Waals surface area (Å²) in [7, 11) is 1.66. The van der Waals surface area contributed by atoms with Gasteiger partial charge in [-0.05, 0) is 36.8 Å². The van der Waals surface area contributed by atoms with Gasteiger partial charge in [-0.1, -0.05) is 49.6 Å². The minimum atomic E-state index is -0.247. The highest BCUT2D eigenvalue weighted by Crippen LogP contribution is 2.37. The summed E-state index contributed by atoms with van der Waals surface area (Å²) in [6, 6.07) is 12.1.